The summed E-state index contributed by atoms with van der Waals surface area (Å²) in [5, 5.41) is 12.6. The molecule has 96 valence electrons. The Morgan fingerprint density at radius 2 is 2.12 bits per heavy atom. The van der Waals surface area contributed by atoms with Crippen LogP contribution in [0.5, 0.6) is 5.75 Å². The summed E-state index contributed by atoms with van der Waals surface area (Å²) in [6.45, 7) is 4.19. The minimum Gasteiger partial charge on any atom is -0.494 e. The largest absolute Gasteiger partial charge is 0.494 e. The predicted molar refractivity (Wildman–Crippen MR) is 66.7 cm³/mol. The summed E-state index contributed by atoms with van der Waals surface area (Å²) in [7, 11) is 1.39. The van der Waals surface area contributed by atoms with E-state index in [0.29, 0.717) is 17.9 Å². The van der Waals surface area contributed by atoms with Gasteiger partial charge >= 0.3 is 0 Å². The molecule has 1 unspecified atom stereocenters. The van der Waals surface area contributed by atoms with Gasteiger partial charge in [-0.25, -0.2) is 4.39 Å². The molecule has 0 saturated heterocycles. The van der Waals surface area contributed by atoms with Crippen LogP contribution in [0.15, 0.2) is 12.1 Å². The minimum atomic E-state index is -0.500. The van der Waals surface area contributed by atoms with Gasteiger partial charge in [0.1, 0.15) is 0 Å². The van der Waals surface area contributed by atoms with Crippen LogP contribution in [-0.4, -0.2) is 24.9 Å². The van der Waals surface area contributed by atoms with Crippen molar-refractivity contribution in [1.82, 2.24) is 0 Å². The standard InChI is InChI=1S/C12H19FN2O2/c1-7(2)11(16)6-15-10-5-12(17-3)8(13)4-9(10)14/h4-5,7,11,15-16H,6,14H2,1-3H3. The Hall–Kier alpha value is -1.49. The van der Waals surface area contributed by atoms with E-state index in [0.717, 1.165) is 0 Å². The summed E-state index contributed by atoms with van der Waals surface area (Å²) in [6, 6.07) is 2.68. The maximum absolute atomic E-state index is 13.3. The second kappa shape index (κ2) is 5.72. The summed E-state index contributed by atoms with van der Waals surface area (Å²) < 4.78 is 18.1. The van der Waals surface area contributed by atoms with Crippen molar-refractivity contribution < 1.29 is 14.2 Å². The van der Waals surface area contributed by atoms with Gasteiger partial charge in [0.15, 0.2) is 11.6 Å². The molecule has 0 radical (unpaired) electrons. The number of aliphatic hydroxyl groups excluding tert-OH is 1. The van der Waals surface area contributed by atoms with E-state index in [2.05, 4.69) is 5.32 Å². The molecule has 1 atom stereocenters. The fraction of sp³-hybridized carbons (Fsp3) is 0.500. The summed E-state index contributed by atoms with van der Waals surface area (Å²) >= 11 is 0. The molecule has 0 aliphatic carbocycles. The number of nitrogens with one attached hydrogen (secondary N) is 1. The van der Waals surface area contributed by atoms with Crippen molar-refractivity contribution in [3.05, 3.63) is 17.9 Å². The Balaban J connectivity index is 2.77. The molecule has 0 aromatic heterocycles. The van der Waals surface area contributed by atoms with Gasteiger partial charge in [-0.05, 0) is 5.92 Å². The van der Waals surface area contributed by atoms with E-state index in [1.54, 1.807) is 0 Å². The van der Waals surface area contributed by atoms with Crippen LogP contribution in [0, 0.1) is 11.7 Å². The highest BCUT2D eigenvalue weighted by atomic mass is 19.1. The number of hydrogen-bond acceptors (Lipinski definition) is 4. The van der Waals surface area contributed by atoms with Crippen LogP contribution in [-0.2, 0) is 0 Å². The molecule has 17 heavy (non-hydrogen) atoms. The monoisotopic (exact) mass is 242 g/mol. The number of rotatable bonds is 5. The maximum Gasteiger partial charge on any atom is 0.167 e. The van der Waals surface area contributed by atoms with Crippen molar-refractivity contribution >= 4 is 11.4 Å². The summed E-state index contributed by atoms with van der Waals surface area (Å²) in [6.07, 6.45) is -0.481. The molecule has 0 aliphatic rings. The zero-order valence-electron chi connectivity index (χ0n) is 10.3. The van der Waals surface area contributed by atoms with E-state index in [1.165, 1.54) is 19.2 Å². The molecule has 4 N–H and O–H groups in total. The van der Waals surface area contributed by atoms with Gasteiger partial charge in [-0.3, -0.25) is 0 Å². The van der Waals surface area contributed by atoms with Crippen LogP contribution in [0.2, 0.25) is 0 Å². The van der Waals surface area contributed by atoms with Crippen molar-refractivity contribution in [3.63, 3.8) is 0 Å². The quantitative estimate of drug-likeness (QED) is 0.689. The number of hydrogen-bond donors (Lipinski definition) is 3. The van der Waals surface area contributed by atoms with Crippen LogP contribution in [0.1, 0.15) is 13.8 Å². The van der Waals surface area contributed by atoms with Crippen LogP contribution >= 0.6 is 0 Å². The van der Waals surface area contributed by atoms with E-state index in [-0.39, 0.29) is 11.7 Å². The SMILES string of the molecule is COc1cc(NCC(O)C(C)C)c(N)cc1F. The summed E-state index contributed by atoms with van der Waals surface area (Å²) in [4.78, 5) is 0. The Labute approximate surface area is 101 Å². The maximum atomic E-state index is 13.3. The first kappa shape index (κ1) is 13.6. The van der Waals surface area contributed by atoms with Crippen LogP contribution in [0.4, 0.5) is 15.8 Å². The van der Waals surface area contributed by atoms with Crippen molar-refractivity contribution in [1.29, 1.82) is 0 Å². The third-order valence-corrected chi connectivity index (χ3v) is 2.60. The van der Waals surface area contributed by atoms with Gasteiger partial charge in [-0.1, -0.05) is 13.8 Å². The van der Waals surface area contributed by atoms with Crippen LogP contribution < -0.4 is 15.8 Å². The molecule has 0 aliphatic heterocycles. The normalized spacial score (nSPS) is 12.6. The highest BCUT2D eigenvalue weighted by Gasteiger charge is 2.12. The number of nitrogen functional groups attached to an aromatic ring is 1. The minimum absolute atomic E-state index is 0.126. The highest BCUT2D eigenvalue weighted by molar-refractivity contribution is 5.68. The van der Waals surface area contributed by atoms with Gasteiger partial charge in [0.25, 0.3) is 0 Å². The van der Waals surface area contributed by atoms with E-state index < -0.39 is 11.9 Å². The first-order chi connectivity index (χ1) is 7.95. The average molecular weight is 242 g/mol. The third-order valence-electron chi connectivity index (χ3n) is 2.60. The Morgan fingerprint density at radius 3 is 2.65 bits per heavy atom. The molecule has 4 nitrogen and oxygen atoms in total. The lowest BCUT2D eigenvalue weighted by Gasteiger charge is -2.17. The van der Waals surface area contributed by atoms with Gasteiger partial charge in [-0.2, -0.15) is 0 Å². The molecule has 0 saturated carbocycles. The Bertz CT molecular complexity index is 383. The van der Waals surface area contributed by atoms with Crippen molar-refractivity contribution in [2.45, 2.75) is 20.0 Å². The molecule has 0 heterocycles. The average Bonchev–Trinajstić information content (AvgIpc) is 2.27. The van der Waals surface area contributed by atoms with Gasteiger partial charge in [0.2, 0.25) is 0 Å². The zero-order chi connectivity index (χ0) is 13.0. The molecule has 0 bridgehead atoms. The molecular weight excluding hydrogens is 223 g/mol. The fourth-order valence-corrected chi connectivity index (χ4v) is 1.33. The highest BCUT2D eigenvalue weighted by Crippen LogP contribution is 2.27. The zero-order valence-corrected chi connectivity index (χ0v) is 10.3. The summed E-state index contributed by atoms with van der Waals surface area (Å²) in [5.41, 5.74) is 6.52. The van der Waals surface area contributed by atoms with E-state index in [4.69, 9.17) is 10.5 Å². The molecule has 0 spiro atoms. The lowest BCUT2D eigenvalue weighted by atomic mass is 10.1. The van der Waals surface area contributed by atoms with E-state index in [9.17, 15) is 9.50 Å². The smallest absolute Gasteiger partial charge is 0.167 e. The van der Waals surface area contributed by atoms with Gasteiger partial charge in [0.05, 0.1) is 24.6 Å². The lowest BCUT2D eigenvalue weighted by molar-refractivity contribution is 0.138. The van der Waals surface area contributed by atoms with Crippen molar-refractivity contribution in [2.75, 3.05) is 24.7 Å². The number of ether oxygens (including phenoxy) is 1. The number of aliphatic hydroxyl groups is 1. The molecule has 1 aromatic rings. The number of anilines is 2. The Kier molecular flexibility index (Phi) is 4.57. The molecule has 1 rings (SSSR count). The first-order valence-corrected chi connectivity index (χ1v) is 5.50. The van der Waals surface area contributed by atoms with E-state index >= 15 is 0 Å². The second-order valence-electron chi connectivity index (χ2n) is 4.27. The fourth-order valence-electron chi connectivity index (χ4n) is 1.33. The van der Waals surface area contributed by atoms with E-state index in [1.807, 2.05) is 13.8 Å². The predicted octanol–water partition coefficient (Wildman–Crippen LogP) is 1.85. The number of nitrogens with two attached hydrogens (primary N) is 1. The number of halogens is 1. The molecule has 1 aromatic carbocycles. The molecular formula is C12H19FN2O2. The van der Waals surface area contributed by atoms with Crippen LogP contribution in [0.25, 0.3) is 0 Å². The third kappa shape index (κ3) is 3.49. The summed E-state index contributed by atoms with van der Waals surface area (Å²) in [5.74, 6) is -0.230. The molecule has 0 fully saturated rings. The molecule has 0 amide bonds. The van der Waals surface area contributed by atoms with Gasteiger partial charge in [0, 0.05) is 18.7 Å². The van der Waals surface area contributed by atoms with Crippen LogP contribution in [0.3, 0.4) is 0 Å². The van der Waals surface area contributed by atoms with Crippen molar-refractivity contribution in [3.8, 4) is 5.75 Å². The lowest BCUT2D eigenvalue weighted by Crippen LogP contribution is -2.25. The first-order valence-electron chi connectivity index (χ1n) is 5.50. The topological polar surface area (TPSA) is 67.5 Å². The number of methoxy groups -OCH3 is 1. The Morgan fingerprint density at radius 1 is 1.47 bits per heavy atom. The molecule has 5 heteroatoms. The number of benzene rings is 1. The van der Waals surface area contributed by atoms with Gasteiger partial charge in [-0.15, -0.1) is 0 Å². The van der Waals surface area contributed by atoms with Gasteiger partial charge < -0.3 is 20.9 Å². The second-order valence-corrected chi connectivity index (χ2v) is 4.27. The van der Waals surface area contributed by atoms with Crippen molar-refractivity contribution in [2.24, 2.45) is 5.92 Å².